The zero-order chi connectivity index (χ0) is 25.9. The third-order valence-electron chi connectivity index (χ3n) is 7.02. The maximum atomic E-state index is 13.9. The van der Waals surface area contributed by atoms with Crippen molar-refractivity contribution >= 4 is 17.2 Å². The molecular formula is C30H32N2O5. The van der Waals surface area contributed by atoms with Gasteiger partial charge >= 0.3 is 0 Å². The fourth-order valence-corrected chi connectivity index (χ4v) is 5.24. The molecule has 0 saturated carbocycles. The second-order valence-electron chi connectivity index (χ2n) is 9.12. The van der Waals surface area contributed by atoms with E-state index in [1.54, 1.807) is 27.4 Å². The van der Waals surface area contributed by atoms with E-state index in [4.69, 9.17) is 18.9 Å². The van der Waals surface area contributed by atoms with Crippen molar-refractivity contribution in [3.05, 3.63) is 83.1 Å². The Morgan fingerprint density at radius 2 is 1.51 bits per heavy atom. The Balaban J connectivity index is 1.61. The number of nitrogens with one attached hydrogen (secondary N) is 2. The van der Waals surface area contributed by atoms with Crippen LogP contribution in [0.1, 0.15) is 42.9 Å². The molecule has 3 aromatic rings. The van der Waals surface area contributed by atoms with Gasteiger partial charge in [-0.3, -0.25) is 4.79 Å². The van der Waals surface area contributed by atoms with Gasteiger partial charge in [0.15, 0.2) is 17.3 Å². The first-order chi connectivity index (χ1) is 18.1. The molecule has 0 spiro atoms. The molecule has 192 valence electrons. The molecule has 0 radical (unpaired) electrons. The van der Waals surface area contributed by atoms with Gasteiger partial charge < -0.3 is 29.6 Å². The van der Waals surface area contributed by atoms with Crippen LogP contribution >= 0.6 is 0 Å². The summed E-state index contributed by atoms with van der Waals surface area (Å²) in [5.74, 6) is 2.74. The van der Waals surface area contributed by atoms with Crippen LogP contribution in [0.5, 0.6) is 23.0 Å². The lowest BCUT2D eigenvalue weighted by Crippen LogP contribution is -2.27. The molecule has 0 amide bonds. The Labute approximate surface area is 217 Å². The minimum absolute atomic E-state index is 0.0626. The molecule has 0 fully saturated rings. The van der Waals surface area contributed by atoms with Gasteiger partial charge in [-0.1, -0.05) is 24.3 Å². The largest absolute Gasteiger partial charge is 0.496 e. The van der Waals surface area contributed by atoms with E-state index in [1.165, 1.54) is 0 Å². The number of ketones is 1. The number of anilines is 2. The van der Waals surface area contributed by atoms with E-state index in [9.17, 15) is 4.79 Å². The third-order valence-corrected chi connectivity index (χ3v) is 7.02. The highest BCUT2D eigenvalue weighted by atomic mass is 16.5. The Hall–Kier alpha value is -4.13. The average molecular weight is 501 g/mol. The smallest absolute Gasteiger partial charge is 0.164 e. The van der Waals surface area contributed by atoms with Crippen molar-refractivity contribution in [1.29, 1.82) is 0 Å². The quantitative estimate of drug-likeness (QED) is 0.406. The summed E-state index contributed by atoms with van der Waals surface area (Å²) in [5.41, 5.74) is 5.38. The minimum Gasteiger partial charge on any atom is -0.496 e. The van der Waals surface area contributed by atoms with Crippen molar-refractivity contribution in [2.75, 3.05) is 38.6 Å². The lowest BCUT2D eigenvalue weighted by atomic mass is 9.78. The molecule has 5 rings (SSSR count). The van der Waals surface area contributed by atoms with Gasteiger partial charge in [0.25, 0.3) is 0 Å². The monoisotopic (exact) mass is 500 g/mol. The van der Waals surface area contributed by atoms with Crippen molar-refractivity contribution in [3.8, 4) is 23.0 Å². The fourth-order valence-electron chi connectivity index (χ4n) is 5.24. The molecular weight excluding hydrogens is 468 g/mol. The van der Waals surface area contributed by atoms with Gasteiger partial charge in [-0.25, -0.2) is 0 Å². The number of carbonyl (C=O) groups excluding carboxylic acids is 1. The van der Waals surface area contributed by atoms with Gasteiger partial charge in [0.2, 0.25) is 0 Å². The maximum absolute atomic E-state index is 13.9. The van der Waals surface area contributed by atoms with Crippen molar-refractivity contribution in [2.24, 2.45) is 0 Å². The summed E-state index contributed by atoms with van der Waals surface area (Å²) in [6.07, 6.45) is 1.12. The molecule has 0 bridgehead atoms. The Kier molecular flexibility index (Phi) is 6.95. The van der Waals surface area contributed by atoms with Gasteiger partial charge in [0, 0.05) is 29.3 Å². The first-order valence-corrected chi connectivity index (χ1v) is 12.5. The van der Waals surface area contributed by atoms with E-state index in [0.717, 1.165) is 33.9 Å². The fraction of sp³-hybridized carbons (Fsp3) is 0.300. The van der Waals surface area contributed by atoms with E-state index in [-0.39, 0.29) is 11.7 Å². The van der Waals surface area contributed by atoms with Crippen LogP contribution in [0.4, 0.5) is 11.4 Å². The van der Waals surface area contributed by atoms with Crippen LogP contribution in [-0.2, 0) is 4.79 Å². The molecule has 3 aromatic carbocycles. The van der Waals surface area contributed by atoms with Crippen molar-refractivity contribution in [2.45, 2.75) is 31.7 Å². The van der Waals surface area contributed by atoms with E-state index in [1.807, 2.05) is 49.4 Å². The summed E-state index contributed by atoms with van der Waals surface area (Å²) in [4.78, 5) is 13.9. The third kappa shape index (κ3) is 4.69. The zero-order valence-corrected chi connectivity index (χ0v) is 21.6. The first-order valence-electron chi connectivity index (χ1n) is 12.5. The summed E-state index contributed by atoms with van der Waals surface area (Å²) < 4.78 is 22.5. The Bertz CT molecular complexity index is 1330. The summed E-state index contributed by atoms with van der Waals surface area (Å²) >= 11 is 0. The van der Waals surface area contributed by atoms with Crippen LogP contribution < -0.4 is 29.6 Å². The molecule has 2 aliphatic rings. The maximum Gasteiger partial charge on any atom is 0.164 e. The molecule has 1 aliphatic heterocycles. The number of Topliss-reactive ketones (excluding diaryl/α,β-unsaturated/α-hetero) is 1. The second kappa shape index (κ2) is 10.5. The van der Waals surface area contributed by atoms with Crippen LogP contribution in [0.3, 0.4) is 0 Å². The molecule has 7 nitrogen and oxygen atoms in total. The van der Waals surface area contributed by atoms with Crippen LogP contribution in [-0.4, -0.2) is 33.7 Å². The number of hydrogen-bond acceptors (Lipinski definition) is 7. The van der Waals surface area contributed by atoms with E-state index in [0.29, 0.717) is 42.3 Å². The molecule has 1 aliphatic carbocycles. The van der Waals surface area contributed by atoms with Crippen molar-refractivity contribution < 1.29 is 23.7 Å². The van der Waals surface area contributed by atoms with Gasteiger partial charge in [0.05, 0.1) is 45.4 Å². The number of hydrogen-bond donors (Lipinski definition) is 2. The van der Waals surface area contributed by atoms with E-state index >= 15 is 0 Å². The molecule has 0 saturated heterocycles. The van der Waals surface area contributed by atoms with Gasteiger partial charge in [-0.15, -0.1) is 0 Å². The van der Waals surface area contributed by atoms with Gasteiger partial charge in [0.1, 0.15) is 11.5 Å². The average Bonchev–Trinajstić information content (AvgIpc) is 3.09. The number of fused-ring (bicyclic) bond motifs is 1. The van der Waals surface area contributed by atoms with Crippen LogP contribution in [0.2, 0.25) is 0 Å². The Morgan fingerprint density at radius 1 is 0.838 bits per heavy atom. The minimum atomic E-state index is -0.435. The first kappa shape index (κ1) is 24.6. The van der Waals surface area contributed by atoms with Crippen LogP contribution in [0.15, 0.2) is 71.9 Å². The van der Waals surface area contributed by atoms with Crippen molar-refractivity contribution in [1.82, 2.24) is 0 Å². The SMILES string of the molecule is CCOc1ccc(C2CC(=O)C3=C(C2)Nc2ccccc2NC3c2cc(OC)c(OC)cc2OC)cc1. The number of allylic oxidation sites excluding steroid dienone is 1. The number of methoxy groups -OCH3 is 3. The standard InChI is InChI=1S/C30H32N2O5/c1-5-37-20-12-10-18(11-13-20)19-14-24-29(25(33)15-19)30(32-23-9-7-6-8-22(23)31-24)21-16-27(35-3)28(36-4)17-26(21)34-2/h6-13,16-17,19,30-32H,5,14-15H2,1-4H3. The molecule has 37 heavy (non-hydrogen) atoms. The number of carbonyl (C=O) groups is 1. The number of rotatable bonds is 7. The topological polar surface area (TPSA) is 78.1 Å². The van der Waals surface area contributed by atoms with E-state index in [2.05, 4.69) is 22.8 Å². The summed E-state index contributed by atoms with van der Waals surface area (Å²) in [7, 11) is 4.81. The van der Waals surface area contributed by atoms with Crippen molar-refractivity contribution in [3.63, 3.8) is 0 Å². The molecule has 0 aromatic heterocycles. The highest BCUT2D eigenvalue weighted by Crippen LogP contribution is 2.47. The zero-order valence-electron chi connectivity index (χ0n) is 21.6. The molecule has 2 atom stereocenters. The molecule has 2 unspecified atom stereocenters. The summed E-state index contributed by atoms with van der Waals surface area (Å²) in [6, 6.07) is 19.3. The molecule has 7 heteroatoms. The summed E-state index contributed by atoms with van der Waals surface area (Å²) in [5, 5.41) is 7.20. The van der Waals surface area contributed by atoms with Gasteiger partial charge in [-0.2, -0.15) is 0 Å². The lowest BCUT2D eigenvalue weighted by Gasteiger charge is -2.30. The predicted octanol–water partition coefficient (Wildman–Crippen LogP) is 6.09. The highest BCUT2D eigenvalue weighted by Gasteiger charge is 2.37. The second-order valence-corrected chi connectivity index (χ2v) is 9.12. The van der Waals surface area contributed by atoms with Crippen LogP contribution in [0.25, 0.3) is 0 Å². The molecule has 1 heterocycles. The molecule has 2 N–H and O–H groups in total. The van der Waals surface area contributed by atoms with Gasteiger partial charge in [-0.05, 0) is 55.2 Å². The van der Waals surface area contributed by atoms with Crippen LogP contribution in [0, 0.1) is 0 Å². The summed E-state index contributed by atoms with van der Waals surface area (Å²) in [6.45, 7) is 2.59. The van der Waals surface area contributed by atoms with E-state index < -0.39 is 6.04 Å². The normalized spacial score (nSPS) is 18.5. The highest BCUT2D eigenvalue weighted by molar-refractivity contribution is 6.01. The predicted molar refractivity (Wildman–Crippen MR) is 144 cm³/mol. The Morgan fingerprint density at radius 3 is 2.19 bits per heavy atom. The lowest BCUT2D eigenvalue weighted by molar-refractivity contribution is -0.116. The number of benzene rings is 3. The number of ether oxygens (including phenoxy) is 4. The number of para-hydroxylation sites is 2.